The molecule has 3 rings (SSSR count). The van der Waals surface area contributed by atoms with Crippen molar-refractivity contribution >= 4 is 17.2 Å². The minimum atomic E-state index is 0.254. The molecule has 2 aliphatic rings. The van der Waals surface area contributed by atoms with E-state index in [1.54, 1.807) is 6.20 Å². The minimum absolute atomic E-state index is 0.254. The number of thiocarbonyl (C=S) groups is 1. The first kappa shape index (κ1) is 13.8. The summed E-state index contributed by atoms with van der Waals surface area (Å²) in [7, 11) is 0. The van der Waals surface area contributed by atoms with Crippen LogP contribution in [0, 0.1) is 16.7 Å². The molecule has 3 unspecified atom stereocenters. The Hall–Kier alpha value is -1.16. The molecule has 4 heteroatoms. The van der Waals surface area contributed by atoms with E-state index >= 15 is 0 Å². The van der Waals surface area contributed by atoms with Gasteiger partial charge in [-0.25, -0.2) is 0 Å². The van der Waals surface area contributed by atoms with Crippen molar-refractivity contribution in [3.05, 3.63) is 24.0 Å². The molecule has 0 aromatic carbocycles. The minimum Gasteiger partial charge on any atom is -0.490 e. The maximum atomic E-state index is 6.28. The van der Waals surface area contributed by atoms with Crippen molar-refractivity contribution in [3.8, 4) is 5.75 Å². The van der Waals surface area contributed by atoms with Gasteiger partial charge in [-0.3, -0.25) is 4.98 Å². The lowest BCUT2D eigenvalue weighted by atomic mass is 9.70. The largest absolute Gasteiger partial charge is 0.490 e. The van der Waals surface area contributed by atoms with Crippen LogP contribution in [-0.2, 0) is 0 Å². The Morgan fingerprint density at radius 3 is 2.75 bits per heavy atom. The summed E-state index contributed by atoms with van der Waals surface area (Å²) in [6, 6.07) is 3.74. The van der Waals surface area contributed by atoms with Gasteiger partial charge in [-0.05, 0) is 36.7 Å². The van der Waals surface area contributed by atoms with Crippen LogP contribution < -0.4 is 10.5 Å². The average molecular weight is 290 g/mol. The molecule has 0 saturated heterocycles. The van der Waals surface area contributed by atoms with E-state index in [0.717, 1.165) is 18.1 Å². The SMILES string of the molecule is CC1(C)C2CCC1(C)C(Oc1ccnc(C(N)=S)c1)C2. The van der Waals surface area contributed by atoms with Crippen LogP contribution in [-0.4, -0.2) is 16.1 Å². The monoisotopic (exact) mass is 290 g/mol. The summed E-state index contributed by atoms with van der Waals surface area (Å²) in [6.45, 7) is 7.16. The quantitative estimate of drug-likeness (QED) is 0.868. The van der Waals surface area contributed by atoms with Crippen LogP contribution in [0.25, 0.3) is 0 Å². The van der Waals surface area contributed by atoms with E-state index in [1.165, 1.54) is 12.8 Å². The molecule has 2 bridgehead atoms. The van der Waals surface area contributed by atoms with Gasteiger partial charge in [0.1, 0.15) is 22.5 Å². The highest BCUT2D eigenvalue weighted by atomic mass is 32.1. The zero-order chi connectivity index (χ0) is 14.5. The van der Waals surface area contributed by atoms with Gasteiger partial charge >= 0.3 is 0 Å². The number of nitrogens with zero attached hydrogens (tertiary/aromatic N) is 1. The second kappa shape index (κ2) is 4.42. The standard InChI is InChI=1S/C16H22N2OS/c1-15(2)10-4-6-16(15,3)13(8-10)19-11-5-7-18-12(9-11)14(17)20/h5,7,9-10,13H,4,6,8H2,1-3H3,(H2,17,20). The van der Waals surface area contributed by atoms with Gasteiger partial charge < -0.3 is 10.5 Å². The maximum absolute atomic E-state index is 6.28. The number of rotatable bonds is 3. The molecule has 2 N–H and O–H groups in total. The molecule has 1 aromatic rings. The number of ether oxygens (including phenoxy) is 1. The fourth-order valence-corrected chi connectivity index (χ4v) is 4.20. The summed E-state index contributed by atoms with van der Waals surface area (Å²) in [5.74, 6) is 1.60. The van der Waals surface area contributed by atoms with Gasteiger partial charge in [-0.2, -0.15) is 0 Å². The van der Waals surface area contributed by atoms with Gasteiger partial charge in [-0.1, -0.05) is 33.0 Å². The topological polar surface area (TPSA) is 48.1 Å². The van der Waals surface area contributed by atoms with Gasteiger partial charge in [-0.15, -0.1) is 0 Å². The van der Waals surface area contributed by atoms with Crippen LogP contribution in [0.4, 0.5) is 0 Å². The predicted octanol–water partition coefficient (Wildman–Crippen LogP) is 3.31. The Morgan fingerprint density at radius 2 is 2.20 bits per heavy atom. The molecule has 3 nitrogen and oxygen atoms in total. The van der Waals surface area contributed by atoms with E-state index in [-0.39, 0.29) is 11.5 Å². The summed E-state index contributed by atoms with van der Waals surface area (Å²) in [5.41, 5.74) is 6.88. The highest BCUT2D eigenvalue weighted by molar-refractivity contribution is 7.80. The second-order valence-corrected chi connectivity index (χ2v) is 7.40. The van der Waals surface area contributed by atoms with Crippen LogP contribution >= 0.6 is 12.2 Å². The van der Waals surface area contributed by atoms with E-state index < -0.39 is 0 Å². The molecule has 3 atom stereocenters. The average Bonchev–Trinajstić information content (AvgIpc) is 2.72. The summed E-state index contributed by atoms with van der Waals surface area (Å²) in [6.07, 6.45) is 5.72. The number of nitrogens with two attached hydrogens (primary N) is 1. The number of hydrogen-bond acceptors (Lipinski definition) is 3. The third-order valence-corrected chi connectivity index (χ3v) is 6.19. The van der Waals surface area contributed by atoms with Crippen molar-refractivity contribution in [1.82, 2.24) is 4.98 Å². The summed E-state index contributed by atoms with van der Waals surface area (Å²) >= 11 is 4.98. The van der Waals surface area contributed by atoms with Crippen molar-refractivity contribution < 1.29 is 4.74 Å². The lowest BCUT2D eigenvalue weighted by molar-refractivity contribution is 0.0301. The first-order valence-electron chi connectivity index (χ1n) is 7.27. The van der Waals surface area contributed by atoms with Crippen molar-refractivity contribution in [3.63, 3.8) is 0 Å². The van der Waals surface area contributed by atoms with E-state index in [1.807, 2.05) is 12.1 Å². The molecule has 0 spiro atoms. The van der Waals surface area contributed by atoms with E-state index in [2.05, 4.69) is 25.8 Å². The second-order valence-electron chi connectivity index (χ2n) is 6.96. The zero-order valence-electron chi connectivity index (χ0n) is 12.3. The van der Waals surface area contributed by atoms with Crippen molar-refractivity contribution in [2.45, 2.75) is 46.1 Å². The third kappa shape index (κ3) is 1.85. The van der Waals surface area contributed by atoms with Crippen LogP contribution in [0.3, 0.4) is 0 Å². The fraction of sp³-hybridized carbons (Fsp3) is 0.625. The Labute approximate surface area is 125 Å². The zero-order valence-corrected chi connectivity index (χ0v) is 13.2. The molecule has 20 heavy (non-hydrogen) atoms. The molecule has 108 valence electrons. The molecule has 1 heterocycles. The number of fused-ring (bicyclic) bond motifs is 2. The normalized spacial score (nSPS) is 34.1. The maximum Gasteiger partial charge on any atom is 0.123 e. The highest BCUT2D eigenvalue weighted by Gasteiger charge is 2.62. The molecule has 0 radical (unpaired) electrons. The Kier molecular flexibility index (Phi) is 3.05. The summed E-state index contributed by atoms with van der Waals surface area (Å²) in [4.78, 5) is 4.48. The van der Waals surface area contributed by atoms with E-state index in [0.29, 0.717) is 16.1 Å². The first-order chi connectivity index (χ1) is 9.34. The summed E-state index contributed by atoms with van der Waals surface area (Å²) < 4.78 is 6.28. The van der Waals surface area contributed by atoms with Gasteiger partial charge in [0.2, 0.25) is 0 Å². The fourth-order valence-electron chi connectivity index (χ4n) is 4.09. The van der Waals surface area contributed by atoms with Crippen LogP contribution in [0.2, 0.25) is 0 Å². The summed E-state index contributed by atoms with van der Waals surface area (Å²) in [5, 5.41) is 0. The Bertz CT molecular complexity index is 557. The molecule has 0 amide bonds. The molecule has 2 fully saturated rings. The van der Waals surface area contributed by atoms with Crippen LogP contribution in [0.15, 0.2) is 18.3 Å². The predicted molar refractivity (Wildman–Crippen MR) is 83.8 cm³/mol. The number of aromatic nitrogens is 1. The molecular weight excluding hydrogens is 268 g/mol. The third-order valence-electron chi connectivity index (χ3n) is 5.98. The molecule has 2 saturated carbocycles. The van der Waals surface area contributed by atoms with Gasteiger partial charge in [0.15, 0.2) is 0 Å². The van der Waals surface area contributed by atoms with Crippen molar-refractivity contribution in [1.29, 1.82) is 0 Å². The van der Waals surface area contributed by atoms with Crippen LogP contribution in [0.1, 0.15) is 45.7 Å². The number of pyridine rings is 1. The van der Waals surface area contributed by atoms with E-state index in [4.69, 9.17) is 22.7 Å². The van der Waals surface area contributed by atoms with E-state index in [9.17, 15) is 0 Å². The Balaban J connectivity index is 1.83. The molecule has 1 aromatic heterocycles. The highest BCUT2D eigenvalue weighted by Crippen LogP contribution is 2.66. The van der Waals surface area contributed by atoms with Gasteiger partial charge in [0.05, 0.1) is 0 Å². The first-order valence-corrected chi connectivity index (χ1v) is 7.68. The molecule has 0 aliphatic heterocycles. The number of hydrogen-bond donors (Lipinski definition) is 1. The van der Waals surface area contributed by atoms with Gasteiger partial charge in [0.25, 0.3) is 0 Å². The van der Waals surface area contributed by atoms with Crippen molar-refractivity contribution in [2.75, 3.05) is 0 Å². The van der Waals surface area contributed by atoms with Crippen molar-refractivity contribution in [2.24, 2.45) is 22.5 Å². The Morgan fingerprint density at radius 1 is 1.45 bits per heavy atom. The lowest BCUT2D eigenvalue weighted by Gasteiger charge is -2.38. The lowest BCUT2D eigenvalue weighted by Crippen LogP contribution is -2.38. The molecular formula is C16H22N2OS. The molecule has 2 aliphatic carbocycles. The van der Waals surface area contributed by atoms with Gasteiger partial charge in [0, 0.05) is 17.7 Å². The van der Waals surface area contributed by atoms with Crippen LogP contribution in [0.5, 0.6) is 5.75 Å². The smallest absolute Gasteiger partial charge is 0.123 e.